The Hall–Kier alpha value is -0.420. The van der Waals surface area contributed by atoms with Crippen LogP contribution in [0.2, 0.25) is 0 Å². The van der Waals surface area contributed by atoms with E-state index in [2.05, 4.69) is 51.4 Å². The van der Waals surface area contributed by atoms with E-state index in [0.29, 0.717) is 12.1 Å². The fourth-order valence-corrected chi connectivity index (χ4v) is 3.59. The van der Waals surface area contributed by atoms with Gasteiger partial charge in [-0.05, 0) is 49.6 Å². The molecular weight excluding hydrogens is 316 g/mol. The zero-order chi connectivity index (χ0) is 13.9. The van der Waals surface area contributed by atoms with E-state index in [1.54, 1.807) is 0 Å². The minimum Gasteiger partial charge on any atom is -0.374 e. The highest BCUT2D eigenvalue weighted by Gasteiger charge is 2.22. The van der Waals surface area contributed by atoms with Crippen LogP contribution in [0.25, 0.3) is 0 Å². The second kappa shape index (κ2) is 6.56. The van der Waals surface area contributed by atoms with Crippen molar-refractivity contribution in [3.63, 3.8) is 0 Å². The Morgan fingerprint density at radius 2 is 2.30 bits per heavy atom. The van der Waals surface area contributed by atoms with E-state index in [9.17, 15) is 0 Å². The van der Waals surface area contributed by atoms with Gasteiger partial charge in [0.15, 0.2) is 0 Å². The first-order valence-corrected chi connectivity index (χ1v) is 8.31. The van der Waals surface area contributed by atoms with Crippen molar-refractivity contribution in [2.24, 2.45) is 0 Å². The van der Waals surface area contributed by atoms with Gasteiger partial charge in [0.2, 0.25) is 0 Å². The molecule has 3 nitrogen and oxygen atoms in total. The summed E-state index contributed by atoms with van der Waals surface area (Å²) in [5, 5.41) is 3.70. The van der Waals surface area contributed by atoms with Crippen molar-refractivity contribution in [3.05, 3.63) is 33.8 Å². The smallest absolute Gasteiger partial charge is 0.0826 e. The minimum absolute atomic E-state index is 0.347. The number of aryl methyl sites for hydroxylation is 1. The monoisotopic (exact) mass is 338 g/mol. The van der Waals surface area contributed by atoms with Gasteiger partial charge in [-0.3, -0.25) is 0 Å². The van der Waals surface area contributed by atoms with Crippen LogP contribution in [-0.2, 0) is 17.6 Å². The van der Waals surface area contributed by atoms with Gasteiger partial charge in [-0.15, -0.1) is 0 Å². The molecule has 1 aliphatic heterocycles. The summed E-state index contributed by atoms with van der Waals surface area (Å²) in [5.74, 6) is 0. The molecule has 0 spiro atoms. The van der Waals surface area contributed by atoms with E-state index >= 15 is 0 Å². The predicted octanol–water partition coefficient (Wildman–Crippen LogP) is 2.23. The molecule has 1 saturated heterocycles. The van der Waals surface area contributed by atoms with Crippen LogP contribution in [0.4, 0.5) is 0 Å². The summed E-state index contributed by atoms with van der Waals surface area (Å²) >= 11 is 3.56. The maximum absolute atomic E-state index is 5.81. The van der Waals surface area contributed by atoms with E-state index in [1.165, 1.54) is 28.4 Å². The Labute approximate surface area is 129 Å². The highest BCUT2D eigenvalue weighted by molar-refractivity contribution is 9.10. The molecule has 110 valence electrons. The van der Waals surface area contributed by atoms with Crippen LogP contribution in [0.5, 0.6) is 0 Å². The van der Waals surface area contributed by atoms with Gasteiger partial charge in [-0.1, -0.05) is 22.0 Å². The number of ether oxygens (including phenoxy) is 1. The highest BCUT2D eigenvalue weighted by atomic mass is 79.9. The van der Waals surface area contributed by atoms with Gasteiger partial charge >= 0.3 is 0 Å². The summed E-state index contributed by atoms with van der Waals surface area (Å²) in [7, 11) is 2.17. The average molecular weight is 339 g/mol. The SMILES string of the molecule is CN1CCOC(CNC2CCc3cc(Br)ccc3C2)C1. The lowest BCUT2D eigenvalue weighted by Gasteiger charge is -2.32. The zero-order valence-corrected chi connectivity index (χ0v) is 13.7. The number of benzene rings is 1. The molecule has 1 fully saturated rings. The number of rotatable bonds is 3. The van der Waals surface area contributed by atoms with Crippen molar-refractivity contribution < 1.29 is 4.74 Å². The molecule has 1 aromatic rings. The quantitative estimate of drug-likeness (QED) is 0.914. The van der Waals surface area contributed by atoms with E-state index in [1.807, 2.05) is 0 Å². The summed E-state index contributed by atoms with van der Waals surface area (Å²) in [6.45, 7) is 3.94. The fourth-order valence-electron chi connectivity index (χ4n) is 3.19. The van der Waals surface area contributed by atoms with Crippen LogP contribution < -0.4 is 5.32 Å². The van der Waals surface area contributed by atoms with Crippen molar-refractivity contribution in [3.8, 4) is 0 Å². The number of fused-ring (bicyclic) bond motifs is 1. The first-order valence-electron chi connectivity index (χ1n) is 7.51. The van der Waals surface area contributed by atoms with Gasteiger partial charge in [0.1, 0.15) is 0 Å². The molecule has 2 aliphatic rings. The molecule has 4 heteroatoms. The van der Waals surface area contributed by atoms with Gasteiger partial charge in [-0.25, -0.2) is 0 Å². The maximum Gasteiger partial charge on any atom is 0.0826 e. The van der Waals surface area contributed by atoms with Crippen molar-refractivity contribution in [1.82, 2.24) is 10.2 Å². The maximum atomic E-state index is 5.81. The van der Waals surface area contributed by atoms with E-state index in [4.69, 9.17) is 4.74 Å². The largest absolute Gasteiger partial charge is 0.374 e. The second-order valence-electron chi connectivity index (χ2n) is 6.02. The molecule has 3 rings (SSSR count). The number of hydrogen-bond donors (Lipinski definition) is 1. The predicted molar refractivity (Wildman–Crippen MR) is 85.2 cm³/mol. The summed E-state index contributed by atoms with van der Waals surface area (Å²) in [6, 6.07) is 7.28. The van der Waals surface area contributed by atoms with Crippen LogP contribution in [0, 0.1) is 0 Å². The van der Waals surface area contributed by atoms with Crippen molar-refractivity contribution in [2.75, 3.05) is 33.3 Å². The van der Waals surface area contributed by atoms with E-state index < -0.39 is 0 Å². The zero-order valence-electron chi connectivity index (χ0n) is 12.1. The first-order chi connectivity index (χ1) is 9.70. The summed E-state index contributed by atoms with van der Waals surface area (Å²) < 4.78 is 7.01. The topological polar surface area (TPSA) is 24.5 Å². The Balaban J connectivity index is 1.51. The van der Waals surface area contributed by atoms with E-state index in [-0.39, 0.29) is 0 Å². The standard InChI is InChI=1S/C16H23BrN2O/c1-19-6-7-20-16(11-19)10-18-15-5-3-12-8-14(17)4-2-13(12)9-15/h2,4,8,15-16,18H,3,5-7,9-11H2,1H3. The van der Waals surface area contributed by atoms with Crippen molar-refractivity contribution in [1.29, 1.82) is 0 Å². The second-order valence-corrected chi connectivity index (χ2v) is 6.93. The molecule has 0 saturated carbocycles. The molecule has 0 amide bonds. The van der Waals surface area contributed by atoms with Gasteiger partial charge < -0.3 is 15.0 Å². The number of likely N-dealkylation sites (N-methyl/N-ethyl adjacent to an activating group) is 1. The van der Waals surface area contributed by atoms with E-state index in [0.717, 1.165) is 32.7 Å². The molecule has 1 N–H and O–H groups in total. The molecule has 1 heterocycles. The molecule has 20 heavy (non-hydrogen) atoms. The summed E-state index contributed by atoms with van der Waals surface area (Å²) in [4.78, 5) is 2.35. The molecule has 2 atom stereocenters. The lowest BCUT2D eigenvalue weighted by molar-refractivity contribution is -0.0194. The third-order valence-electron chi connectivity index (χ3n) is 4.37. The fraction of sp³-hybridized carbons (Fsp3) is 0.625. The van der Waals surface area contributed by atoms with Crippen molar-refractivity contribution in [2.45, 2.75) is 31.4 Å². The van der Waals surface area contributed by atoms with Gasteiger partial charge in [0.05, 0.1) is 12.7 Å². The number of nitrogens with one attached hydrogen (secondary N) is 1. The van der Waals surface area contributed by atoms with Crippen LogP contribution in [0.3, 0.4) is 0 Å². The van der Waals surface area contributed by atoms with Crippen LogP contribution in [-0.4, -0.2) is 50.3 Å². The lowest BCUT2D eigenvalue weighted by Crippen LogP contribution is -2.47. The number of halogens is 1. The minimum atomic E-state index is 0.347. The highest BCUT2D eigenvalue weighted by Crippen LogP contribution is 2.24. The van der Waals surface area contributed by atoms with Gasteiger partial charge in [0, 0.05) is 30.1 Å². The number of morpholine rings is 1. The van der Waals surface area contributed by atoms with Gasteiger partial charge in [-0.2, -0.15) is 0 Å². The average Bonchev–Trinajstić information content (AvgIpc) is 2.45. The number of hydrogen-bond acceptors (Lipinski definition) is 3. The number of nitrogens with zero attached hydrogens (tertiary/aromatic N) is 1. The third kappa shape index (κ3) is 3.61. The normalized spacial score (nSPS) is 27.3. The van der Waals surface area contributed by atoms with Crippen LogP contribution in [0.15, 0.2) is 22.7 Å². The summed E-state index contributed by atoms with van der Waals surface area (Å²) in [5.41, 5.74) is 3.00. The molecule has 0 aromatic heterocycles. The molecule has 0 bridgehead atoms. The molecule has 0 radical (unpaired) electrons. The van der Waals surface area contributed by atoms with Crippen molar-refractivity contribution >= 4 is 15.9 Å². The molecule has 1 aliphatic carbocycles. The molecular formula is C16H23BrN2O. The van der Waals surface area contributed by atoms with Crippen LogP contribution >= 0.6 is 15.9 Å². The summed E-state index contributed by atoms with van der Waals surface area (Å²) in [6.07, 6.45) is 3.90. The van der Waals surface area contributed by atoms with Crippen LogP contribution in [0.1, 0.15) is 17.5 Å². The molecule has 1 aromatic carbocycles. The third-order valence-corrected chi connectivity index (χ3v) is 4.87. The first kappa shape index (κ1) is 14.5. The Kier molecular flexibility index (Phi) is 4.76. The Morgan fingerprint density at radius 1 is 1.40 bits per heavy atom. The lowest BCUT2D eigenvalue weighted by atomic mass is 9.88. The Bertz CT molecular complexity index is 466. The molecule has 2 unspecified atom stereocenters. The Morgan fingerprint density at radius 3 is 3.15 bits per heavy atom. The van der Waals surface area contributed by atoms with Gasteiger partial charge in [0.25, 0.3) is 0 Å².